The van der Waals surface area contributed by atoms with Gasteiger partial charge in [-0.25, -0.2) is 0 Å². The minimum atomic E-state index is 0.0534. The van der Waals surface area contributed by atoms with Crippen molar-refractivity contribution in [2.75, 3.05) is 31.9 Å². The van der Waals surface area contributed by atoms with Crippen LogP contribution in [0.5, 0.6) is 0 Å². The Balaban J connectivity index is 1.68. The Morgan fingerprint density at radius 3 is 2.55 bits per heavy atom. The number of nitrogens with zero attached hydrogens (tertiary/aromatic N) is 1. The number of nitrogen functional groups attached to an aromatic ring is 1. The van der Waals surface area contributed by atoms with Gasteiger partial charge in [-0.3, -0.25) is 4.79 Å². The van der Waals surface area contributed by atoms with E-state index in [0.29, 0.717) is 12.1 Å². The van der Waals surface area contributed by atoms with Gasteiger partial charge in [0.15, 0.2) is 0 Å². The van der Waals surface area contributed by atoms with E-state index in [9.17, 15) is 4.79 Å². The van der Waals surface area contributed by atoms with E-state index in [1.54, 1.807) is 0 Å². The smallest absolute Gasteiger partial charge is 0.224 e. The van der Waals surface area contributed by atoms with Crippen LogP contribution < -0.4 is 11.1 Å². The number of rotatable bonds is 5. The normalized spacial score (nSPS) is 16.6. The number of anilines is 1. The molecule has 3 N–H and O–H groups in total. The third-order valence-electron chi connectivity index (χ3n) is 3.85. The topological polar surface area (TPSA) is 58.4 Å². The largest absolute Gasteiger partial charge is 0.398 e. The molecule has 1 aliphatic heterocycles. The number of hydrogen-bond acceptors (Lipinski definition) is 3. The molecule has 0 atom stereocenters. The van der Waals surface area contributed by atoms with Crippen LogP contribution in [0.3, 0.4) is 0 Å². The lowest BCUT2D eigenvalue weighted by molar-refractivity contribution is -0.120. The highest BCUT2D eigenvalue weighted by Gasteiger charge is 2.09. The van der Waals surface area contributed by atoms with Gasteiger partial charge in [-0.2, -0.15) is 0 Å². The second-order valence-corrected chi connectivity index (χ2v) is 5.48. The Labute approximate surface area is 121 Å². The van der Waals surface area contributed by atoms with Crippen LogP contribution in [0.1, 0.15) is 31.2 Å². The molecular weight excluding hydrogens is 250 g/mol. The highest BCUT2D eigenvalue weighted by atomic mass is 16.1. The molecular formula is C16H25N3O. The Hall–Kier alpha value is -1.55. The quantitative estimate of drug-likeness (QED) is 0.806. The van der Waals surface area contributed by atoms with Gasteiger partial charge in [0, 0.05) is 18.8 Å². The number of carbonyl (C=O) groups is 1. The first-order chi connectivity index (χ1) is 9.75. The zero-order valence-electron chi connectivity index (χ0n) is 12.1. The van der Waals surface area contributed by atoms with Crippen LogP contribution >= 0.6 is 0 Å². The van der Waals surface area contributed by atoms with Crippen molar-refractivity contribution in [1.82, 2.24) is 10.2 Å². The number of hydrogen-bond donors (Lipinski definition) is 2. The number of carbonyl (C=O) groups excluding carboxylic acids is 1. The maximum atomic E-state index is 11.9. The van der Waals surface area contributed by atoms with E-state index in [-0.39, 0.29) is 5.91 Å². The van der Waals surface area contributed by atoms with E-state index in [2.05, 4.69) is 10.2 Å². The molecule has 1 amide bonds. The third-order valence-corrected chi connectivity index (χ3v) is 3.85. The molecule has 110 valence electrons. The van der Waals surface area contributed by atoms with Gasteiger partial charge in [-0.15, -0.1) is 0 Å². The van der Waals surface area contributed by atoms with Crippen molar-refractivity contribution >= 4 is 11.6 Å². The number of benzene rings is 1. The molecule has 1 aromatic rings. The van der Waals surface area contributed by atoms with Crippen LogP contribution in [-0.2, 0) is 11.2 Å². The summed E-state index contributed by atoms with van der Waals surface area (Å²) >= 11 is 0. The Bertz CT molecular complexity index is 425. The van der Waals surface area contributed by atoms with Crippen molar-refractivity contribution in [2.24, 2.45) is 0 Å². The minimum absolute atomic E-state index is 0.0534. The Kier molecular flexibility index (Phi) is 5.87. The molecule has 0 bridgehead atoms. The molecule has 1 aromatic carbocycles. The van der Waals surface area contributed by atoms with Crippen molar-refractivity contribution in [1.29, 1.82) is 0 Å². The zero-order valence-corrected chi connectivity index (χ0v) is 12.1. The van der Waals surface area contributed by atoms with Gasteiger partial charge in [0.2, 0.25) is 5.91 Å². The number of para-hydroxylation sites is 1. The molecule has 4 nitrogen and oxygen atoms in total. The summed E-state index contributed by atoms with van der Waals surface area (Å²) in [6, 6.07) is 7.54. The standard InChI is InChI=1S/C16H25N3O/c17-15-8-4-3-7-14(15)13-16(20)18-9-12-19-10-5-1-2-6-11-19/h3-4,7-8H,1-2,5-6,9-13,17H2,(H,18,20). The molecule has 0 unspecified atom stereocenters. The number of nitrogens with one attached hydrogen (secondary N) is 1. The molecule has 4 heteroatoms. The average Bonchev–Trinajstić information content (AvgIpc) is 2.70. The van der Waals surface area contributed by atoms with Crippen molar-refractivity contribution < 1.29 is 4.79 Å². The molecule has 20 heavy (non-hydrogen) atoms. The van der Waals surface area contributed by atoms with E-state index >= 15 is 0 Å². The van der Waals surface area contributed by atoms with Crippen LogP contribution in [0.2, 0.25) is 0 Å². The van der Waals surface area contributed by atoms with Gasteiger partial charge in [0.1, 0.15) is 0 Å². The average molecular weight is 275 g/mol. The lowest BCUT2D eigenvalue weighted by Crippen LogP contribution is -2.36. The second kappa shape index (κ2) is 7.90. The summed E-state index contributed by atoms with van der Waals surface area (Å²) in [5.74, 6) is 0.0534. The van der Waals surface area contributed by atoms with Crippen LogP contribution in [0, 0.1) is 0 Å². The summed E-state index contributed by atoms with van der Waals surface area (Å²) in [6.07, 6.45) is 5.63. The number of nitrogens with two attached hydrogens (primary N) is 1. The van der Waals surface area contributed by atoms with Gasteiger partial charge < -0.3 is 16.0 Å². The molecule has 1 saturated heterocycles. The van der Waals surface area contributed by atoms with E-state index in [1.807, 2.05) is 24.3 Å². The van der Waals surface area contributed by atoms with E-state index in [1.165, 1.54) is 38.8 Å². The van der Waals surface area contributed by atoms with Gasteiger partial charge in [0.05, 0.1) is 6.42 Å². The maximum absolute atomic E-state index is 11.9. The molecule has 0 aliphatic carbocycles. The fourth-order valence-electron chi connectivity index (χ4n) is 2.64. The van der Waals surface area contributed by atoms with Crippen LogP contribution in [0.15, 0.2) is 24.3 Å². The summed E-state index contributed by atoms with van der Waals surface area (Å²) in [5.41, 5.74) is 7.44. The predicted molar refractivity (Wildman–Crippen MR) is 82.5 cm³/mol. The number of likely N-dealkylation sites (tertiary alicyclic amines) is 1. The summed E-state index contributed by atoms with van der Waals surface area (Å²) in [4.78, 5) is 14.3. The van der Waals surface area contributed by atoms with Crippen molar-refractivity contribution in [2.45, 2.75) is 32.1 Å². The third kappa shape index (κ3) is 4.85. The summed E-state index contributed by atoms with van der Waals surface area (Å²) in [6.45, 7) is 4.02. The van der Waals surface area contributed by atoms with Crippen LogP contribution in [-0.4, -0.2) is 37.0 Å². The molecule has 0 saturated carbocycles. The van der Waals surface area contributed by atoms with Gasteiger partial charge in [0.25, 0.3) is 0 Å². The van der Waals surface area contributed by atoms with Gasteiger partial charge in [-0.05, 0) is 37.6 Å². The molecule has 0 spiro atoms. The van der Waals surface area contributed by atoms with Gasteiger partial charge in [-0.1, -0.05) is 31.0 Å². The fraction of sp³-hybridized carbons (Fsp3) is 0.562. The second-order valence-electron chi connectivity index (χ2n) is 5.48. The molecule has 1 aliphatic rings. The first-order valence-electron chi connectivity index (χ1n) is 7.58. The van der Waals surface area contributed by atoms with E-state index in [4.69, 9.17) is 5.73 Å². The molecule has 1 fully saturated rings. The maximum Gasteiger partial charge on any atom is 0.224 e. The van der Waals surface area contributed by atoms with Crippen molar-refractivity contribution in [3.8, 4) is 0 Å². The fourth-order valence-corrected chi connectivity index (χ4v) is 2.64. The van der Waals surface area contributed by atoms with Crippen LogP contribution in [0.25, 0.3) is 0 Å². The lowest BCUT2D eigenvalue weighted by Gasteiger charge is -2.19. The zero-order chi connectivity index (χ0) is 14.2. The molecule has 0 aromatic heterocycles. The van der Waals surface area contributed by atoms with Crippen molar-refractivity contribution in [3.05, 3.63) is 29.8 Å². The highest BCUT2D eigenvalue weighted by molar-refractivity contribution is 5.80. The summed E-state index contributed by atoms with van der Waals surface area (Å²) in [5, 5.41) is 2.99. The monoisotopic (exact) mass is 275 g/mol. The van der Waals surface area contributed by atoms with E-state index in [0.717, 1.165) is 18.7 Å². The molecule has 1 heterocycles. The molecule has 0 radical (unpaired) electrons. The molecule has 2 rings (SSSR count). The minimum Gasteiger partial charge on any atom is -0.398 e. The summed E-state index contributed by atoms with van der Waals surface area (Å²) < 4.78 is 0. The predicted octanol–water partition coefficient (Wildman–Crippen LogP) is 1.80. The first-order valence-corrected chi connectivity index (χ1v) is 7.58. The Morgan fingerprint density at radius 2 is 1.85 bits per heavy atom. The number of amides is 1. The van der Waals surface area contributed by atoms with E-state index < -0.39 is 0 Å². The first kappa shape index (κ1) is 14.9. The SMILES string of the molecule is Nc1ccccc1CC(=O)NCCN1CCCCCC1. The van der Waals surface area contributed by atoms with Gasteiger partial charge >= 0.3 is 0 Å². The lowest BCUT2D eigenvalue weighted by atomic mass is 10.1. The highest BCUT2D eigenvalue weighted by Crippen LogP contribution is 2.11. The van der Waals surface area contributed by atoms with Crippen LogP contribution in [0.4, 0.5) is 5.69 Å². The summed E-state index contributed by atoms with van der Waals surface area (Å²) in [7, 11) is 0. The van der Waals surface area contributed by atoms with Crippen molar-refractivity contribution in [3.63, 3.8) is 0 Å². The Morgan fingerprint density at radius 1 is 1.15 bits per heavy atom.